The molecule has 12 nitrogen and oxygen atoms in total. The fourth-order valence-electron chi connectivity index (χ4n) is 3.85. The van der Waals surface area contributed by atoms with Crippen molar-refractivity contribution >= 4 is 62.2 Å². The number of carbonyl (C=O) groups is 3. The molecule has 0 bridgehead atoms. The van der Waals surface area contributed by atoms with Gasteiger partial charge >= 0.3 is 5.69 Å². The Balaban J connectivity index is 1.60. The quantitative estimate of drug-likeness (QED) is 0.243. The Labute approximate surface area is 222 Å². The zero-order chi connectivity index (χ0) is 26.7. The van der Waals surface area contributed by atoms with Crippen molar-refractivity contribution < 1.29 is 29.0 Å². The Morgan fingerprint density at radius 3 is 2.41 bits per heavy atom. The first-order chi connectivity index (χ1) is 17.6. The second kappa shape index (κ2) is 11.1. The SMILES string of the molecule is O=C(CN1C(=O)S/C(=C\c2cc(Br)ccc2Oc2ccc([N+](=O)[O-])cc2[N+](=O)[O-])C1=O)N1CCCCC1. The first kappa shape index (κ1) is 26.3. The predicted molar refractivity (Wildman–Crippen MR) is 137 cm³/mol. The molecule has 2 saturated heterocycles. The van der Waals surface area contributed by atoms with Crippen molar-refractivity contribution in [2.75, 3.05) is 19.6 Å². The van der Waals surface area contributed by atoms with Crippen LogP contribution in [-0.4, -0.2) is 56.3 Å². The third-order valence-corrected chi connectivity index (χ3v) is 7.10. The summed E-state index contributed by atoms with van der Waals surface area (Å²) < 4.78 is 6.33. The molecule has 0 spiro atoms. The lowest BCUT2D eigenvalue weighted by atomic mass is 10.1. The summed E-state index contributed by atoms with van der Waals surface area (Å²) in [6.45, 7) is 0.843. The van der Waals surface area contributed by atoms with Gasteiger partial charge in [0.15, 0.2) is 0 Å². The standard InChI is InChI=1S/C23H19BrN4O8S/c24-15-4-6-18(36-19-7-5-16(27(32)33)12-17(19)28(34)35)14(10-15)11-20-22(30)26(23(31)37-20)13-21(29)25-8-2-1-3-9-25/h4-7,10-12H,1-3,8-9,13H2/b20-11-. The molecule has 2 aromatic carbocycles. The number of imide groups is 1. The van der Waals surface area contributed by atoms with Gasteiger partial charge in [0.2, 0.25) is 11.7 Å². The molecule has 2 aliphatic rings. The van der Waals surface area contributed by atoms with E-state index in [1.165, 1.54) is 12.1 Å². The van der Waals surface area contributed by atoms with Crippen LogP contribution in [0.4, 0.5) is 16.2 Å². The summed E-state index contributed by atoms with van der Waals surface area (Å²) in [7, 11) is 0. The minimum Gasteiger partial charge on any atom is -0.449 e. The van der Waals surface area contributed by atoms with Crippen LogP contribution in [0.15, 0.2) is 45.8 Å². The number of halogens is 1. The number of ether oxygens (including phenoxy) is 1. The Bertz CT molecular complexity index is 1340. The third kappa shape index (κ3) is 5.97. The largest absolute Gasteiger partial charge is 0.449 e. The molecule has 4 rings (SSSR count). The van der Waals surface area contributed by atoms with E-state index < -0.39 is 32.4 Å². The zero-order valence-electron chi connectivity index (χ0n) is 19.1. The molecular formula is C23H19BrN4O8S. The number of nitrogens with zero attached hydrogens (tertiary/aromatic N) is 4. The molecule has 14 heteroatoms. The first-order valence-electron chi connectivity index (χ1n) is 11.1. The lowest BCUT2D eigenvalue weighted by Gasteiger charge is -2.27. The van der Waals surface area contributed by atoms with Crippen molar-refractivity contribution in [1.29, 1.82) is 0 Å². The van der Waals surface area contributed by atoms with Crippen LogP contribution in [0.25, 0.3) is 6.08 Å². The van der Waals surface area contributed by atoms with Crippen molar-refractivity contribution in [1.82, 2.24) is 9.80 Å². The first-order valence-corrected chi connectivity index (χ1v) is 12.7. The molecule has 37 heavy (non-hydrogen) atoms. The monoisotopic (exact) mass is 590 g/mol. The molecule has 192 valence electrons. The highest BCUT2D eigenvalue weighted by molar-refractivity contribution is 9.10. The Hall–Kier alpha value is -3.78. The molecule has 0 saturated carbocycles. The van der Waals surface area contributed by atoms with Crippen LogP contribution in [0.5, 0.6) is 11.5 Å². The number of likely N-dealkylation sites (tertiary alicyclic amines) is 1. The van der Waals surface area contributed by atoms with Gasteiger partial charge in [0.05, 0.1) is 20.8 Å². The summed E-state index contributed by atoms with van der Waals surface area (Å²) in [5.74, 6) is -1.06. The normalized spacial score (nSPS) is 16.8. The summed E-state index contributed by atoms with van der Waals surface area (Å²) in [5, 5.41) is 21.9. The van der Waals surface area contributed by atoms with Crippen LogP contribution in [0.1, 0.15) is 24.8 Å². The highest BCUT2D eigenvalue weighted by atomic mass is 79.9. The highest BCUT2D eigenvalue weighted by Gasteiger charge is 2.37. The van der Waals surface area contributed by atoms with Gasteiger partial charge in [-0.2, -0.15) is 0 Å². The maximum atomic E-state index is 13.0. The number of thioether (sulfide) groups is 1. The number of hydrogen-bond donors (Lipinski definition) is 0. The fourth-order valence-corrected chi connectivity index (χ4v) is 5.06. The summed E-state index contributed by atoms with van der Waals surface area (Å²) in [6.07, 6.45) is 4.19. The molecule has 0 aliphatic carbocycles. The third-order valence-electron chi connectivity index (χ3n) is 5.70. The number of rotatable bonds is 7. The van der Waals surface area contributed by atoms with Crippen LogP contribution in [0.3, 0.4) is 0 Å². The van der Waals surface area contributed by atoms with Gasteiger partial charge in [0.25, 0.3) is 16.8 Å². The minimum absolute atomic E-state index is 0.0533. The smallest absolute Gasteiger partial charge is 0.318 e. The van der Waals surface area contributed by atoms with Crippen molar-refractivity contribution in [3.63, 3.8) is 0 Å². The zero-order valence-corrected chi connectivity index (χ0v) is 21.5. The number of piperidine rings is 1. The molecule has 3 amide bonds. The van der Waals surface area contributed by atoms with E-state index in [1.807, 2.05) is 0 Å². The van der Waals surface area contributed by atoms with Crippen LogP contribution in [-0.2, 0) is 9.59 Å². The maximum absolute atomic E-state index is 13.0. The molecule has 0 unspecified atom stereocenters. The maximum Gasteiger partial charge on any atom is 0.318 e. The summed E-state index contributed by atoms with van der Waals surface area (Å²) >= 11 is 4.00. The number of carbonyl (C=O) groups excluding carboxylic acids is 3. The molecule has 2 aliphatic heterocycles. The second-order valence-electron chi connectivity index (χ2n) is 8.16. The molecule has 0 N–H and O–H groups in total. The fraction of sp³-hybridized carbons (Fsp3) is 0.261. The van der Waals surface area contributed by atoms with E-state index in [4.69, 9.17) is 4.74 Å². The van der Waals surface area contributed by atoms with Crippen LogP contribution >= 0.6 is 27.7 Å². The molecule has 2 aromatic rings. The van der Waals surface area contributed by atoms with E-state index in [2.05, 4.69) is 15.9 Å². The average Bonchev–Trinajstić information content (AvgIpc) is 3.13. The molecule has 2 fully saturated rings. The molecule has 0 radical (unpaired) electrons. The van der Waals surface area contributed by atoms with Gasteiger partial charge in [0, 0.05) is 29.2 Å². The minimum atomic E-state index is -0.800. The van der Waals surface area contributed by atoms with Gasteiger partial charge in [0.1, 0.15) is 12.3 Å². The molecule has 2 heterocycles. The number of amides is 3. The van der Waals surface area contributed by atoms with Gasteiger partial charge < -0.3 is 9.64 Å². The molecule has 0 atom stereocenters. The topological polar surface area (TPSA) is 153 Å². The molecular weight excluding hydrogens is 572 g/mol. The van der Waals surface area contributed by atoms with Gasteiger partial charge in [-0.15, -0.1) is 0 Å². The Morgan fingerprint density at radius 2 is 1.73 bits per heavy atom. The molecule has 0 aromatic heterocycles. The summed E-state index contributed by atoms with van der Waals surface area (Å²) in [6, 6.07) is 7.66. The number of nitro benzene ring substituents is 2. The predicted octanol–water partition coefficient (Wildman–Crippen LogP) is 5.11. The van der Waals surface area contributed by atoms with E-state index in [-0.39, 0.29) is 28.9 Å². The number of hydrogen-bond acceptors (Lipinski definition) is 9. The van der Waals surface area contributed by atoms with E-state index >= 15 is 0 Å². The second-order valence-corrected chi connectivity index (χ2v) is 10.1. The lowest BCUT2D eigenvalue weighted by Crippen LogP contribution is -2.44. The summed E-state index contributed by atoms with van der Waals surface area (Å²) in [4.78, 5) is 61.6. The van der Waals surface area contributed by atoms with E-state index in [1.54, 1.807) is 17.0 Å². The van der Waals surface area contributed by atoms with Crippen LogP contribution in [0, 0.1) is 20.2 Å². The Kier molecular flexibility index (Phi) is 7.88. The van der Waals surface area contributed by atoms with E-state index in [9.17, 15) is 34.6 Å². The number of benzene rings is 2. The Morgan fingerprint density at radius 1 is 1.03 bits per heavy atom. The number of nitro groups is 2. The van der Waals surface area contributed by atoms with Gasteiger partial charge in [-0.05, 0) is 61.4 Å². The lowest BCUT2D eigenvalue weighted by molar-refractivity contribution is -0.394. The van der Waals surface area contributed by atoms with Gasteiger partial charge in [-0.3, -0.25) is 39.5 Å². The van der Waals surface area contributed by atoms with Crippen molar-refractivity contribution in [3.8, 4) is 11.5 Å². The van der Waals surface area contributed by atoms with Gasteiger partial charge in [-0.1, -0.05) is 15.9 Å². The highest BCUT2D eigenvalue weighted by Crippen LogP contribution is 2.39. The number of non-ortho nitro benzene ring substituents is 1. The van der Waals surface area contributed by atoms with Gasteiger partial charge in [-0.25, -0.2) is 0 Å². The van der Waals surface area contributed by atoms with Crippen molar-refractivity contribution in [3.05, 3.63) is 71.6 Å². The van der Waals surface area contributed by atoms with E-state index in [0.717, 1.165) is 42.4 Å². The van der Waals surface area contributed by atoms with E-state index in [0.29, 0.717) is 34.9 Å². The van der Waals surface area contributed by atoms with Crippen molar-refractivity contribution in [2.24, 2.45) is 0 Å². The summed E-state index contributed by atoms with van der Waals surface area (Å²) in [5.41, 5.74) is -0.766. The average molecular weight is 591 g/mol. The van der Waals surface area contributed by atoms with Crippen molar-refractivity contribution in [2.45, 2.75) is 19.3 Å². The van der Waals surface area contributed by atoms with Crippen LogP contribution in [0.2, 0.25) is 0 Å². The van der Waals surface area contributed by atoms with Crippen LogP contribution < -0.4 is 4.74 Å².